The Hall–Kier alpha value is -0.706. The zero-order valence-electron chi connectivity index (χ0n) is 24.0. The Morgan fingerprint density at radius 1 is 0.706 bits per heavy atom. The number of rotatable bonds is 15. The van der Waals surface area contributed by atoms with Crippen molar-refractivity contribution in [2.75, 3.05) is 58.9 Å². The number of unbranched alkanes of at least 4 members (excludes halogenated alkanes) is 1. The zero-order valence-corrected chi connectivity index (χ0v) is 25.6. The molecule has 0 heterocycles. The van der Waals surface area contributed by atoms with Crippen molar-refractivity contribution in [3.63, 3.8) is 0 Å². The molecule has 0 aromatic heterocycles. The Morgan fingerprint density at radius 3 is 1.24 bits per heavy atom. The largest absolute Gasteiger partial charge is 0.300 e. The topological polar surface area (TPSA) is 9.72 Å². The quantitative estimate of drug-likeness (QED) is 0.130. The molecule has 0 saturated heterocycles. The Morgan fingerprint density at radius 2 is 1.06 bits per heavy atom. The predicted octanol–water partition coefficient (Wildman–Crippen LogP) is 7.41. The minimum atomic E-state index is 0. The summed E-state index contributed by atoms with van der Waals surface area (Å²) in [6, 6.07) is 0. The van der Waals surface area contributed by atoms with E-state index in [1.165, 1.54) is 24.8 Å². The molecule has 0 aromatic carbocycles. The van der Waals surface area contributed by atoms with Gasteiger partial charge in [0.1, 0.15) is 0 Å². The molecule has 0 bridgehead atoms. The van der Waals surface area contributed by atoms with Gasteiger partial charge in [-0.15, -0.1) is 26.2 Å². The van der Waals surface area contributed by atoms with Crippen molar-refractivity contribution in [2.24, 2.45) is 0 Å². The van der Waals surface area contributed by atoms with Crippen LogP contribution in [0.15, 0.2) is 55.7 Å². The second-order valence-electron chi connectivity index (χ2n) is 7.74. The molecule has 0 unspecified atom stereocenters. The van der Waals surface area contributed by atoms with Crippen LogP contribution >= 0.6 is 0 Å². The molecule has 0 aromatic rings. The van der Waals surface area contributed by atoms with Crippen molar-refractivity contribution < 1.29 is 21.7 Å². The van der Waals surface area contributed by atoms with Crippen LogP contribution in [-0.4, -0.2) is 73.6 Å². The van der Waals surface area contributed by atoms with Gasteiger partial charge < -0.3 is 14.7 Å². The normalized spacial score (nSPS) is 11.3. The first-order chi connectivity index (χ1) is 16.0. The van der Waals surface area contributed by atoms with Crippen LogP contribution in [0.3, 0.4) is 0 Å². The molecule has 0 atom stereocenters. The van der Waals surface area contributed by atoms with Crippen LogP contribution < -0.4 is 0 Å². The summed E-state index contributed by atoms with van der Waals surface area (Å²) in [5, 5.41) is 0. The van der Waals surface area contributed by atoms with Crippen LogP contribution in [0.2, 0.25) is 0 Å². The summed E-state index contributed by atoms with van der Waals surface area (Å²) in [5.74, 6) is 0. The fourth-order valence-corrected chi connectivity index (χ4v) is 2.98. The Balaban J connectivity index is -0.000000175. The fourth-order valence-electron chi connectivity index (χ4n) is 2.98. The van der Waals surface area contributed by atoms with E-state index in [2.05, 4.69) is 101 Å². The van der Waals surface area contributed by atoms with E-state index in [1.807, 2.05) is 18.2 Å². The van der Waals surface area contributed by atoms with Crippen LogP contribution in [0.1, 0.15) is 74.1 Å². The van der Waals surface area contributed by atoms with Gasteiger partial charge in [-0.1, -0.05) is 86.0 Å². The maximum absolute atomic E-state index is 3.65. The first kappa shape index (κ1) is 40.5. The van der Waals surface area contributed by atoms with Gasteiger partial charge >= 0.3 is 0 Å². The molecule has 1 aliphatic carbocycles. The second-order valence-corrected chi connectivity index (χ2v) is 7.74. The van der Waals surface area contributed by atoms with Crippen molar-refractivity contribution in [3.05, 3.63) is 61.8 Å². The summed E-state index contributed by atoms with van der Waals surface area (Å²) in [5.41, 5.74) is 1.41. The standard InChI is InChI=1S/C9H13.3C7H15N.Ti/c1-2-3-6-9-7-4-5-8-9;3*1-4-7-8(5-2)6-3;/h4,7H,2-3,5-6H2,1H3;3*4H,1,5-7H2,2-3H3;/q-1;;;;. The number of hydrogen-bond donors (Lipinski definition) is 0. The monoisotopic (exact) mass is 508 g/mol. The number of allylic oxidation sites excluding steroid dienone is 4. The molecule has 0 N–H and O–H groups in total. The van der Waals surface area contributed by atoms with Crippen LogP contribution in [-0.2, 0) is 21.7 Å². The third kappa shape index (κ3) is 29.3. The van der Waals surface area contributed by atoms with E-state index in [-0.39, 0.29) is 21.7 Å². The summed E-state index contributed by atoms with van der Waals surface area (Å²) >= 11 is 0. The molecule has 0 saturated carbocycles. The summed E-state index contributed by atoms with van der Waals surface area (Å²) in [7, 11) is 0. The van der Waals surface area contributed by atoms with Gasteiger partial charge in [0.25, 0.3) is 0 Å². The zero-order chi connectivity index (χ0) is 25.7. The summed E-state index contributed by atoms with van der Waals surface area (Å²) in [6.07, 6.45) is 18.3. The van der Waals surface area contributed by atoms with Crippen molar-refractivity contribution >= 4 is 0 Å². The van der Waals surface area contributed by atoms with E-state index >= 15 is 0 Å². The van der Waals surface area contributed by atoms with Crippen LogP contribution in [0, 0.1) is 6.08 Å². The summed E-state index contributed by atoms with van der Waals surface area (Å²) in [6.45, 7) is 36.0. The van der Waals surface area contributed by atoms with Crippen LogP contribution in [0.4, 0.5) is 0 Å². The first-order valence-corrected chi connectivity index (χ1v) is 13.2. The molecule has 3 nitrogen and oxygen atoms in total. The van der Waals surface area contributed by atoms with Crippen molar-refractivity contribution in [1.29, 1.82) is 0 Å². The van der Waals surface area contributed by atoms with Gasteiger partial charge in [0, 0.05) is 41.4 Å². The molecule has 1 aliphatic rings. The summed E-state index contributed by atoms with van der Waals surface area (Å²) < 4.78 is 0. The molecule has 4 heteroatoms. The van der Waals surface area contributed by atoms with Gasteiger partial charge in [-0.05, 0) is 39.3 Å². The average molecular weight is 509 g/mol. The molecule has 0 aliphatic heterocycles. The SMILES string of the molecule is C=CCN(CC)CC.C=CCN(CC)CC.C=CCN(CC)CC.CCCCC1=[C-]CC=C1.[Ti]. The Kier molecular flexibility index (Phi) is 41.0. The van der Waals surface area contributed by atoms with Gasteiger partial charge in [-0.25, -0.2) is 11.6 Å². The van der Waals surface area contributed by atoms with Crippen molar-refractivity contribution in [2.45, 2.75) is 74.1 Å². The Labute approximate surface area is 230 Å². The van der Waals surface area contributed by atoms with E-state index in [4.69, 9.17) is 0 Å². The minimum absolute atomic E-state index is 0. The number of likely N-dealkylation sites (N-methyl/N-ethyl adjacent to an activating group) is 3. The minimum Gasteiger partial charge on any atom is -0.300 e. The predicted molar refractivity (Wildman–Crippen MR) is 154 cm³/mol. The molecule has 0 spiro atoms. The number of hydrogen-bond acceptors (Lipinski definition) is 3. The van der Waals surface area contributed by atoms with Gasteiger partial charge in [0.15, 0.2) is 0 Å². The molecule has 34 heavy (non-hydrogen) atoms. The van der Waals surface area contributed by atoms with Crippen molar-refractivity contribution in [3.8, 4) is 0 Å². The van der Waals surface area contributed by atoms with E-state index in [1.54, 1.807) is 0 Å². The van der Waals surface area contributed by atoms with Gasteiger partial charge in [-0.2, -0.15) is 6.08 Å². The molecular formula is C30H58N3Ti-. The Bertz CT molecular complexity index is 431. The van der Waals surface area contributed by atoms with Gasteiger partial charge in [-0.3, -0.25) is 6.08 Å². The first-order valence-electron chi connectivity index (χ1n) is 13.2. The van der Waals surface area contributed by atoms with Crippen LogP contribution in [0.5, 0.6) is 0 Å². The average Bonchev–Trinajstić information content (AvgIpc) is 3.38. The molecule has 0 amide bonds. The smallest absolute Gasteiger partial charge is 0.0160 e. The maximum Gasteiger partial charge on any atom is 0.0160 e. The summed E-state index contributed by atoms with van der Waals surface area (Å²) in [4.78, 5) is 6.94. The second kappa shape index (κ2) is 34.5. The third-order valence-corrected chi connectivity index (χ3v) is 5.41. The van der Waals surface area contributed by atoms with E-state index in [0.717, 1.165) is 65.3 Å². The van der Waals surface area contributed by atoms with Crippen LogP contribution in [0.25, 0.3) is 0 Å². The molecule has 1 rings (SSSR count). The molecule has 0 fully saturated rings. The van der Waals surface area contributed by atoms with E-state index in [0.29, 0.717) is 0 Å². The van der Waals surface area contributed by atoms with E-state index in [9.17, 15) is 0 Å². The maximum atomic E-state index is 3.65. The third-order valence-electron chi connectivity index (χ3n) is 5.41. The van der Waals surface area contributed by atoms with E-state index < -0.39 is 0 Å². The molecular weight excluding hydrogens is 450 g/mol. The fraction of sp³-hybridized carbons (Fsp3) is 0.667. The molecule has 198 valence electrons. The van der Waals surface area contributed by atoms with Crippen molar-refractivity contribution in [1.82, 2.24) is 14.7 Å². The number of nitrogens with zero attached hydrogens (tertiary/aromatic N) is 3. The van der Waals surface area contributed by atoms with Gasteiger partial charge in [0.2, 0.25) is 0 Å². The van der Waals surface area contributed by atoms with Gasteiger partial charge in [0.05, 0.1) is 0 Å². The molecule has 0 radical (unpaired) electrons.